The number of nitrogens with zero attached hydrogens (tertiary/aromatic N) is 2. The molecule has 1 aliphatic heterocycles. The number of methoxy groups -OCH3 is 1. The molecule has 0 radical (unpaired) electrons. The van der Waals surface area contributed by atoms with Crippen LogP contribution in [0.25, 0.3) is 5.76 Å². The van der Waals surface area contributed by atoms with Crippen LogP contribution in [0.1, 0.15) is 17.2 Å². The van der Waals surface area contributed by atoms with Gasteiger partial charge < -0.3 is 14.7 Å². The van der Waals surface area contributed by atoms with Crippen molar-refractivity contribution in [1.29, 1.82) is 0 Å². The van der Waals surface area contributed by atoms with Gasteiger partial charge in [-0.3, -0.25) is 14.5 Å². The Hall–Kier alpha value is -4.06. The van der Waals surface area contributed by atoms with Crippen LogP contribution in [0.3, 0.4) is 0 Å². The minimum Gasteiger partial charge on any atom is -0.507 e. The summed E-state index contributed by atoms with van der Waals surface area (Å²) in [6.45, 7) is 0. The van der Waals surface area contributed by atoms with Gasteiger partial charge in [0.05, 0.1) is 18.7 Å². The molecule has 0 saturated carbocycles. The van der Waals surface area contributed by atoms with E-state index in [9.17, 15) is 14.7 Å². The minimum atomic E-state index is -0.772. The van der Waals surface area contributed by atoms with E-state index in [1.54, 1.807) is 67.8 Å². The number of ketones is 1. The largest absolute Gasteiger partial charge is 0.507 e. The van der Waals surface area contributed by atoms with Crippen molar-refractivity contribution in [3.05, 3.63) is 95.6 Å². The van der Waals surface area contributed by atoms with Crippen molar-refractivity contribution in [3.63, 3.8) is 0 Å². The van der Waals surface area contributed by atoms with Gasteiger partial charge in [0.25, 0.3) is 11.7 Å². The first kappa shape index (κ1) is 21.2. The third-order valence-corrected chi connectivity index (χ3v) is 5.57. The number of rotatable bonds is 5. The van der Waals surface area contributed by atoms with Gasteiger partial charge >= 0.3 is 0 Å². The zero-order chi connectivity index (χ0) is 22.8. The molecular formula is C26H24N2O4. The molecule has 1 amide bonds. The fourth-order valence-corrected chi connectivity index (χ4v) is 3.86. The Morgan fingerprint density at radius 2 is 1.53 bits per heavy atom. The molecule has 1 fully saturated rings. The SMILES string of the molecule is COc1ccc(C2C(=C(O)c3ccccc3)C(=O)C(=O)N2c2ccc(N(C)C)cc2)cc1. The van der Waals surface area contributed by atoms with Crippen LogP contribution in [0.4, 0.5) is 11.4 Å². The van der Waals surface area contributed by atoms with Crippen LogP contribution in [0.2, 0.25) is 0 Å². The van der Waals surface area contributed by atoms with E-state index in [0.29, 0.717) is 22.6 Å². The number of carbonyl (C=O) groups is 2. The van der Waals surface area contributed by atoms with Crippen molar-refractivity contribution < 1.29 is 19.4 Å². The lowest BCUT2D eigenvalue weighted by atomic mass is 9.95. The van der Waals surface area contributed by atoms with Crippen molar-refractivity contribution in [2.75, 3.05) is 31.0 Å². The maximum absolute atomic E-state index is 13.2. The average molecular weight is 428 g/mol. The predicted octanol–water partition coefficient (Wildman–Crippen LogP) is 4.39. The van der Waals surface area contributed by atoms with Crippen LogP contribution < -0.4 is 14.5 Å². The Morgan fingerprint density at radius 3 is 2.09 bits per heavy atom. The Kier molecular flexibility index (Phi) is 5.69. The molecule has 0 bridgehead atoms. The first-order valence-corrected chi connectivity index (χ1v) is 10.2. The quantitative estimate of drug-likeness (QED) is 0.371. The second kappa shape index (κ2) is 8.59. The first-order chi connectivity index (χ1) is 15.4. The minimum absolute atomic E-state index is 0.0584. The summed E-state index contributed by atoms with van der Waals surface area (Å²) in [7, 11) is 5.43. The molecule has 0 aliphatic carbocycles. The summed E-state index contributed by atoms with van der Waals surface area (Å²) in [6, 6.07) is 22.5. The molecular weight excluding hydrogens is 404 g/mol. The van der Waals surface area contributed by atoms with E-state index in [1.807, 2.05) is 37.2 Å². The summed E-state index contributed by atoms with van der Waals surface area (Å²) in [6.07, 6.45) is 0. The number of carbonyl (C=O) groups excluding carboxylic acids is 2. The van der Waals surface area contributed by atoms with E-state index < -0.39 is 17.7 Å². The number of ether oxygens (including phenoxy) is 1. The van der Waals surface area contributed by atoms with Crippen LogP contribution >= 0.6 is 0 Å². The van der Waals surface area contributed by atoms with Gasteiger partial charge in [0.15, 0.2) is 0 Å². The molecule has 0 aromatic heterocycles. The van der Waals surface area contributed by atoms with Crippen molar-refractivity contribution in [2.45, 2.75) is 6.04 Å². The molecule has 0 spiro atoms. The van der Waals surface area contributed by atoms with Crippen molar-refractivity contribution in [2.24, 2.45) is 0 Å². The Labute approximate surface area is 187 Å². The Bertz CT molecular complexity index is 1170. The molecule has 3 aromatic rings. The van der Waals surface area contributed by atoms with E-state index >= 15 is 0 Å². The van der Waals surface area contributed by atoms with Gasteiger partial charge in [-0.25, -0.2) is 0 Å². The highest BCUT2D eigenvalue weighted by molar-refractivity contribution is 6.51. The highest BCUT2D eigenvalue weighted by Crippen LogP contribution is 2.42. The molecule has 1 unspecified atom stereocenters. The molecule has 162 valence electrons. The Balaban J connectivity index is 1.89. The monoisotopic (exact) mass is 428 g/mol. The first-order valence-electron chi connectivity index (χ1n) is 10.2. The lowest BCUT2D eigenvalue weighted by Crippen LogP contribution is -2.29. The smallest absolute Gasteiger partial charge is 0.300 e. The van der Waals surface area contributed by atoms with Crippen LogP contribution in [0.5, 0.6) is 5.75 Å². The molecule has 1 heterocycles. The average Bonchev–Trinajstić information content (AvgIpc) is 3.09. The lowest BCUT2D eigenvalue weighted by Gasteiger charge is -2.26. The maximum Gasteiger partial charge on any atom is 0.300 e. The van der Waals surface area contributed by atoms with Crippen LogP contribution in [0, 0.1) is 0 Å². The summed E-state index contributed by atoms with van der Waals surface area (Å²) < 4.78 is 5.25. The molecule has 6 heteroatoms. The number of Topliss-reactive ketones (excluding diaryl/α,β-unsaturated/α-hetero) is 1. The third-order valence-electron chi connectivity index (χ3n) is 5.57. The van der Waals surface area contributed by atoms with Gasteiger partial charge in [-0.15, -0.1) is 0 Å². The van der Waals surface area contributed by atoms with E-state index in [1.165, 1.54) is 4.90 Å². The summed E-state index contributed by atoms with van der Waals surface area (Å²) >= 11 is 0. The third kappa shape index (κ3) is 3.71. The predicted molar refractivity (Wildman–Crippen MR) is 125 cm³/mol. The summed E-state index contributed by atoms with van der Waals surface area (Å²) in [5.74, 6) is -0.939. The number of benzene rings is 3. The second-order valence-electron chi connectivity index (χ2n) is 7.72. The zero-order valence-corrected chi connectivity index (χ0v) is 18.1. The maximum atomic E-state index is 13.2. The van der Waals surface area contributed by atoms with Crippen LogP contribution in [0.15, 0.2) is 84.4 Å². The number of hydrogen-bond donors (Lipinski definition) is 1. The van der Waals surface area contributed by atoms with Crippen LogP contribution in [-0.4, -0.2) is 38.0 Å². The molecule has 1 aliphatic rings. The van der Waals surface area contributed by atoms with Gasteiger partial charge in [-0.2, -0.15) is 0 Å². The highest BCUT2D eigenvalue weighted by atomic mass is 16.5. The Morgan fingerprint density at radius 1 is 0.906 bits per heavy atom. The molecule has 1 N–H and O–H groups in total. The molecule has 32 heavy (non-hydrogen) atoms. The van der Waals surface area contributed by atoms with Gasteiger partial charge in [0.1, 0.15) is 11.5 Å². The standard InChI is InChI=1S/C26H24N2O4/c1-27(2)19-11-13-20(14-12-19)28-23(17-9-15-21(32-3)16-10-17)22(25(30)26(28)31)24(29)18-7-5-4-6-8-18/h4-16,23,29H,1-3H3. The van der Waals surface area contributed by atoms with Crippen molar-refractivity contribution in [1.82, 2.24) is 0 Å². The second-order valence-corrected chi connectivity index (χ2v) is 7.72. The number of anilines is 2. The molecule has 4 rings (SSSR count). The summed E-state index contributed by atoms with van der Waals surface area (Å²) in [4.78, 5) is 29.7. The van der Waals surface area contributed by atoms with E-state index in [0.717, 1.165) is 5.69 Å². The zero-order valence-electron chi connectivity index (χ0n) is 18.1. The summed E-state index contributed by atoms with van der Waals surface area (Å²) in [5.41, 5.74) is 2.77. The van der Waals surface area contributed by atoms with Crippen molar-refractivity contribution in [3.8, 4) is 5.75 Å². The van der Waals surface area contributed by atoms with Gasteiger partial charge in [0.2, 0.25) is 0 Å². The lowest BCUT2D eigenvalue weighted by molar-refractivity contribution is -0.132. The van der Waals surface area contributed by atoms with Crippen molar-refractivity contribution >= 4 is 28.8 Å². The van der Waals surface area contributed by atoms with E-state index in [4.69, 9.17) is 4.74 Å². The number of amides is 1. The van der Waals surface area contributed by atoms with Crippen LogP contribution in [-0.2, 0) is 9.59 Å². The molecule has 1 saturated heterocycles. The fraction of sp³-hybridized carbons (Fsp3) is 0.154. The van der Waals surface area contributed by atoms with Gasteiger partial charge in [-0.1, -0.05) is 42.5 Å². The number of aliphatic hydroxyl groups is 1. The molecule has 1 atom stereocenters. The molecule has 6 nitrogen and oxygen atoms in total. The number of hydrogen-bond acceptors (Lipinski definition) is 5. The van der Waals surface area contributed by atoms with Gasteiger partial charge in [0, 0.05) is 31.0 Å². The van der Waals surface area contributed by atoms with Gasteiger partial charge in [-0.05, 0) is 42.0 Å². The van der Waals surface area contributed by atoms with E-state index in [2.05, 4.69) is 0 Å². The molecule has 3 aromatic carbocycles. The van der Waals surface area contributed by atoms with E-state index in [-0.39, 0.29) is 11.3 Å². The summed E-state index contributed by atoms with van der Waals surface area (Å²) in [5, 5.41) is 11.1. The fourth-order valence-electron chi connectivity index (χ4n) is 3.86. The number of aliphatic hydroxyl groups excluding tert-OH is 1. The highest BCUT2D eigenvalue weighted by Gasteiger charge is 2.46. The normalized spacial score (nSPS) is 17.5. The topological polar surface area (TPSA) is 70.1 Å².